The highest BCUT2D eigenvalue weighted by Gasteiger charge is 2.45. The fourth-order valence-electron chi connectivity index (χ4n) is 3.47. The minimum absolute atomic E-state index is 0. The van der Waals surface area contributed by atoms with Crippen molar-refractivity contribution in [1.82, 2.24) is 5.32 Å². The second kappa shape index (κ2) is 6.46. The zero-order chi connectivity index (χ0) is 14.0. The van der Waals surface area contributed by atoms with Crippen LogP contribution >= 0.6 is 12.4 Å². The molecule has 5 heteroatoms. The lowest BCUT2D eigenvalue weighted by Gasteiger charge is -2.44. The van der Waals surface area contributed by atoms with Crippen molar-refractivity contribution in [1.29, 1.82) is 5.26 Å². The van der Waals surface area contributed by atoms with Crippen molar-refractivity contribution in [3.8, 4) is 6.07 Å². The molecule has 1 aromatic carbocycles. The molecular formula is C16H20ClN3O. The first-order valence-electron chi connectivity index (χ1n) is 7.29. The molecule has 0 radical (unpaired) electrons. The average molecular weight is 306 g/mol. The van der Waals surface area contributed by atoms with Gasteiger partial charge in [0.1, 0.15) is 6.07 Å². The standard InChI is InChI=1S/C16H19N3O.ClH/c17-11-13-5-1-2-6-14(13)19-10-4-8-16(15(19)20)7-3-9-18-12-16;/h1-2,5-6,18H,3-4,7-10,12H2;1H. The maximum Gasteiger partial charge on any atom is 0.234 e. The van der Waals surface area contributed by atoms with Gasteiger partial charge in [0.15, 0.2) is 0 Å². The quantitative estimate of drug-likeness (QED) is 0.867. The predicted molar refractivity (Wildman–Crippen MR) is 84.5 cm³/mol. The van der Waals surface area contributed by atoms with Gasteiger partial charge in [-0.2, -0.15) is 5.26 Å². The minimum atomic E-state index is -0.251. The second-order valence-electron chi connectivity index (χ2n) is 5.75. The van der Waals surface area contributed by atoms with E-state index in [0.717, 1.165) is 51.0 Å². The molecule has 0 saturated carbocycles. The van der Waals surface area contributed by atoms with Gasteiger partial charge in [-0.1, -0.05) is 12.1 Å². The summed E-state index contributed by atoms with van der Waals surface area (Å²) in [5.41, 5.74) is 1.10. The third-order valence-electron chi connectivity index (χ3n) is 4.52. The molecule has 3 rings (SSSR count). The summed E-state index contributed by atoms with van der Waals surface area (Å²) in [7, 11) is 0. The van der Waals surface area contributed by atoms with Crippen molar-refractivity contribution >= 4 is 24.0 Å². The number of carbonyl (C=O) groups is 1. The number of piperidine rings is 2. The molecule has 0 bridgehead atoms. The molecule has 2 aliphatic rings. The predicted octanol–water partition coefficient (Wildman–Crippen LogP) is 2.48. The Morgan fingerprint density at radius 2 is 2.00 bits per heavy atom. The number of hydrogen-bond acceptors (Lipinski definition) is 3. The SMILES string of the molecule is Cl.N#Cc1ccccc1N1CCCC2(CCCNC2)C1=O. The Hall–Kier alpha value is -1.57. The van der Waals surface area contributed by atoms with Gasteiger partial charge in [0, 0.05) is 13.1 Å². The normalized spacial score (nSPS) is 25.3. The van der Waals surface area contributed by atoms with Gasteiger partial charge in [-0.05, 0) is 44.4 Å². The van der Waals surface area contributed by atoms with Gasteiger partial charge < -0.3 is 10.2 Å². The van der Waals surface area contributed by atoms with Crippen LogP contribution in [-0.4, -0.2) is 25.5 Å². The summed E-state index contributed by atoms with van der Waals surface area (Å²) in [4.78, 5) is 14.8. The number of nitriles is 1. The summed E-state index contributed by atoms with van der Waals surface area (Å²) in [5, 5.41) is 12.6. The van der Waals surface area contributed by atoms with Crippen LogP contribution in [0.3, 0.4) is 0 Å². The van der Waals surface area contributed by atoms with Gasteiger partial charge in [0.25, 0.3) is 0 Å². The third-order valence-corrected chi connectivity index (χ3v) is 4.52. The van der Waals surface area contributed by atoms with E-state index in [2.05, 4.69) is 11.4 Å². The Balaban J connectivity index is 0.00000161. The van der Waals surface area contributed by atoms with Crippen LogP contribution in [0.4, 0.5) is 5.69 Å². The van der Waals surface area contributed by atoms with E-state index in [9.17, 15) is 10.1 Å². The Bertz CT molecular complexity index is 555. The van der Waals surface area contributed by atoms with Gasteiger partial charge >= 0.3 is 0 Å². The molecule has 1 amide bonds. The van der Waals surface area contributed by atoms with Crippen LogP contribution in [0.1, 0.15) is 31.2 Å². The maximum atomic E-state index is 12.9. The van der Waals surface area contributed by atoms with Crippen LogP contribution in [0.5, 0.6) is 0 Å². The summed E-state index contributed by atoms with van der Waals surface area (Å²) in [5.74, 6) is 0.193. The molecule has 2 fully saturated rings. The number of para-hydroxylation sites is 1. The van der Waals surface area contributed by atoms with Crippen LogP contribution < -0.4 is 10.2 Å². The van der Waals surface area contributed by atoms with E-state index in [1.807, 2.05) is 23.1 Å². The number of hydrogen-bond donors (Lipinski definition) is 1. The van der Waals surface area contributed by atoms with E-state index in [0.29, 0.717) is 5.56 Å². The van der Waals surface area contributed by atoms with E-state index >= 15 is 0 Å². The van der Waals surface area contributed by atoms with E-state index in [1.165, 1.54) is 0 Å². The number of amides is 1. The highest BCUT2D eigenvalue weighted by atomic mass is 35.5. The van der Waals surface area contributed by atoms with Crippen LogP contribution in [0.25, 0.3) is 0 Å². The van der Waals surface area contributed by atoms with Gasteiger partial charge in [-0.15, -0.1) is 12.4 Å². The third kappa shape index (κ3) is 2.76. The van der Waals surface area contributed by atoms with E-state index in [4.69, 9.17) is 0 Å². The molecular weight excluding hydrogens is 286 g/mol. The molecule has 4 nitrogen and oxygen atoms in total. The molecule has 1 aromatic rings. The maximum absolute atomic E-state index is 12.9. The molecule has 1 spiro atoms. The molecule has 1 N–H and O–H groups in total. The molecule has 1 atom stereocenters. The van der Waals surface area contributed by atoms with Crippen molar-refractivity contribution in [2.45, 2.75) is 25.7 Å². The minimum Gasteiger partial charge on any atom is -0.316 e. The molecule has 21 heavy (non-hydrogen) atoms. The van der Waals surface area contributed by atoms with Crippen molar-refractivity contribution < 1.29 is 4.79 Å². The molecule has 112 valence electrons. The Kier molecular flexibility index (Phi) is 4.87. The summed E-state index contributed by atoms with van der Waals surface area (Å²) in [6, 6.07) is 9.59. The average Bonchev–Trinajstić information content (AvgIpc) is 2.51. The van der Waals surface area contributed by atoms with Crippen LogP contribution in [0.2, 0.25) is 0 Å². The van der Waals surface area contributed by atoms with E-state index in [-0.39, 0.29) is 23.7 Å². The Morgan fingerprint density at radius 1 is 1.24 bits per heavy atom. The fourth-order valence-corrected chi connectivity index (χ4v) is 3.47. The highest BCUT2D eigenvalue weighted by Crippen LogP contribution is 2.39. The molecule has 2 heterocycles. The topological polar surface area (TPSA) is 56.1 Å². The lowest BCUT2D eigenvalue weighted by Crippen LogP contribution is -2.55. The first kappa shape index (κ1) is 15.8. The molecule has 2 saturated heterocycles. The van der Waals surface area contributed by atoms with Crippen LogP contribution in [0, 0.1) is 16.7 Å². The molecule has 0 aromatic heterocycles. The summed E-state index contributed by atoms with van der Waals surface area (Å²) in [6.07, 6.45) is 3.99. The van der Waals surface area contributed by atoms with Crippen molar-refractivity contribution in [3.05, 3.63) is 29.8 Å². The second-order valence-corrected chi connectivity index (χ2v) is 5.75. The van der Waals surface area contributed by atoms with Gasteiger partial charge in [0.05, 0.1) is 16.7 Å². The zero-order valence-corrected chi connectivity index (χ0v) is 12.8. The van der Waals surface area contributed by atoms with Crippen molar-refractivity contribution in [2.24, 2.45) is 5.41 Å². The molecule has 2 aliphatic heterocycles. The first-order valence-corrected chi connectivity index (χ1v) is 7.29. The van der Waals surface area contributed by atoms with Crippen molar-refractivity contribution in [3.63, 3.8) is 0 Å². The Morgan fingerprint density at radius 3 is 2.71 bits per heavy atom. The monoisotopic (exact) mass is 305 g/mol. The van der Waals surface area contributed by atoms with Crippen LogP contribution in [0.15, 0.2) is 24.3 Å². The summed E-state index contributed by atoms with van der Waals surface area (Å²) < 4.78 is 0. The number of rotatable bonds is 1. The first-order chi connectivity index (χ1) is 9.77. The largest absolute Gasteiger partial charge is 0.316 e. The number of nitrogens with zero attached hydrogens (tertiary/aromatic N) is 2. The molecule has 0 aliphatic carbocycles. The number of benzene rings is 1. The summed E-state index contributed by atoms with van der Waals surface area (Å²) >= 11 is 0. The lowest BCUT2D eigenvalue weighted by atomic mass is 9.73. The summed E-state index contributed by atoms with van der Waals surface area (Å²) in [6.45, 7) is 2.50. The van der Waals surface area contributed by atoms with Crippen molar-refractivity contribution in [2.75, 3.05) is 24.5 Å². The Labute approximate surface area is 131 Å². The van der Waals surface area contributed by atoms with E-state index < -0.39 is 0 Å². The molecule has 1 unspecified atom stereocenters. The zero-order valence-electron chi connectivity index (χ0n) is 12.0. The van der Waals surface area contributed by atoms with Gasteiger partial charge in [-0.25, -0.2) is 0 Å². The van der Waals surface area contributed by atoms with Crippen LogP contribution in [-0.2, 0) is 4.79 Å². The number of nitrogens with one attached hydrogen (secondary N) is 1. The van der Waals surface area contributed by atoms with Gasteiger partial charge in [0.2, 0.25) is 5.91 Å². The smallest absolute Gasteiger partial charge is 0.234 e. The lowest BCUT2D eigenvalue weighted by molar-refractivity contribution is -0.131. The number of anilines is 1. The van der Waals surface area contributed by atoms with E-state index in [1.54, 1.807) is 6.07 Å². The van der Waals surface area contributed by atoms with Gasteiger partial charge in [-0.3, -0.25) is 4.79 Å². The number of halogens is 1. The number of carbonyl (C=O) groups excluding carboxylic acids is 1. The fraction of sp³-hybridized carbons (Fsp3) is 0.500. The highest BCUT2D eigenvalue weighted by molar-refractivity contribution is 5.99.